The molecule has 0 aliphatic heterocycles. The third kappa shape index (κ3) is 3.17. The van der Waals surface area contributed by atoms with E-state index in [1.165, 1.54) is 0 Å². The molecule has 1 atom stereocenters. The van der Waals surface area contributed by atoms with E-state index < -0.39 is 37.2 Å². The van der Waals surface area contributed by atoms with Crippen molar-refractivity contribution in [3.8, 4) is 0 Å². The summed E-state index contributed by atoms with van der Waals surface area (Å²) in [5.74, 6) is -11.7. The van der Waals surface area contributed by atoms with E-state index in [0.717, 1.165) is 6.92 Å². The van der Waals surface area contributed by atoms with Crippen molar-refractivity contribution in [1.29, 1.82) is 0 Å². The molecule has 1 nitrogen and oxygen atoms in total. The lowest BCUT2D eigenvalue weighted by atomic mass is 10.1. The average molecular weight is 278 g/mol. The highest BCUT2D eigenvalue weighted by Gasteiger charge is 2.72. The number of hydrogen-bond donors (Lipinski definition) is 0. The summed E-state index contributed by atoms with van der Waals surface area (Å²) in [6.07, 6.45) is -15.4. The molecule has 0 bridgehead atoms. The van der Waals surface area contributed by atoms with Crippen LogP contribution < -0.4 is 0 Å². The predicted molar refractivity (Wildman–Crippen MR) is 37.4 cm³/mol. The molecule has 0 saturated heterocycles. The van der Waals surface area contributed by atoms with Gasteiger partial charge in [0.2, 0.25) is 0 Å². The Hall–Kier alpha value is -0.670. The van der Waals surface area contributed by atoms with E-state index in [1.54, 1.807) is 0 Å². The van der Waals surface area contributed by atoms with Crippen molar-refractivity contribution in [3.05, 3.63) is 0 Å². The summed E-state index contributed by atoms with van der Waals surface area (Å²) in [4.78, 5) is 0. The molecule has 1 unspecified atom stereocenters. The number of ether oxygens (including phenoxy) is 1. The summed E-state index contributed by atoms with van der Waals surface area (Å²) in [5.41, 5.74) is 0. The van der Waals surface area contributed by atoms with Crippen LogP contribution in [0.15, 0.2) is 0 Å². The summed E-state index contributed by atoms with van der Waals surface area (Å²) in [7, 11) is 0. The van der Waals surface area contributed by atoms with Gasteiger partial charge < -0.3 is 4.74 Å². The summed E-state index contributed by atoms with van der Waals surface area (Å²) < 4.78 is 113. The van der Waals surface area contributed by atoms with Crippen LogP contribution in [0.5, 0.6) is 0 Å². The number of hydrogen-bond acceptors (Lipinski definition) is 1. The molecule has 0 radical (unpaired) electrons. The highest BCUT2D eigenvalue weighted by atomic mass is 19.4. The first-order valence-electron chi connectivity index (χ1n) is 4.11. The third-order valence-corrected chi connectivity index (χ3v) is 1.68. The summed E-state index contributed by atoms with van der Waals surface area (Å²) >= 11 is 0. The highest BCUT2D eigenvalue weighted by Crippen LogP contribution is 2.46. The minimum Gasteiger partial charge on any atom is -0.365 e. The number of alkyl halides is 9. The normalized spacial score (nSPS) is 16.4. The molecule has 0 aromatic carbocycles. The lowest BCUT2D eigenvalue weighted by molar-refractivity contribution is -0.358. The molecule has 0 aliphatic rings. The maximum atomic E-state index is 12.6. The minimum absolute atomic E-state index is 0.820. The molecule has 0 aromatic rings. The molecule has 0 fully saturated rings. The van der Waals surface area contributed by atoms with Crippen molar-refractivity contribution in [2.75, 3.05) is 6.61 Å². The zero-order valence-corrected chi connectivity index (χ0v) is 8.17. The smallest absolute Gasteiger partial charge is 0.365 e. The fraction of sp³-hybridized carbons (Fsp3) is 1.00. The monoisotopic (exact) mass is 278 g/mol. The number of rotatable bonds is 5. The van der Waals surface area contributed by atoms with E-state index in [-0.39, 0.29) is 0 Å². The standard InChI is InChI=1S/C7H7F9O/c1-2-17-3(5(10,11)4(8)9)6(12,13)7(14,15)16/h3-4H,2H2,1H3. The van der Waals surface area contributed by atoms with Gasteiger partial charge in [0.15, 0.2) is 6.10 Å². The van der Waals surface area contributed by atoms with Gasteiger partial charge in [0.05, 0.1) is 0 Å². The van der Waals surface area contributed by atoms with Crippen LogP contribution in [0.25, 0.3) is 0 Å². The SMILES string of the molecule is CCOC(C(F)(F)C(F)F)C(F)(F)C(F)(F)F. The number of halogens is 9. The van der Waals surface area contributed by atoms with Crippen LogP contribution >= 0.6 is 0 Å². The Bertz CT molecular complexity index is 246. The molecule has 0 rings (SSSR count). The van der Waals surface area contributed by atoms with Crippen LogP contribution in [0.1, 0.15) is 6.92 Å². The van der Waals surface area contributed by atoms with E-state index >= 15 is 0 Å². The van der Waals surface area contributed by atoms with Gasteiger partial charge in [0.25, 0.3) is 0 Å². The van der Waals surface area contributed by atoms with Crippen LogP contribution in [0.3, 0.4) is 0 Å². The summed E-state index contributed by atoms with van der Waals surface area (Å²) in [5, 5.41) is 0. The Morgan fingerprint density at radius 3 is 1.59 bits per heavy atom. The average Bonchev–Trinajstić information content (AvgIpc) is 2.11. The fourth-order valence-corrected chi connectivity index (χ4v) is 0.887. The van der Waals surface area contributed by atoms with Gasteiger partial charge in [-0.05, 0) is 6.92 Å². The molecule has 0 spiro atoms. The van der Waals surface area contributed by atoms with Gasteiger partial charge in [0, 0.05) is 6.61 Å². The zero-order chi connectivity index (χ0) is 14.1. The van der Waals surface area contributed by atoms with Gasteiger partial charge >= 0.3 is 24.4 Å². The van der Waals surface area contributed by atoms with Gasteiger partial charge in [-0.2, -0.15) is 30.7 Å². The topological polar surface area (TPSA) is 9.23 Å². The Kier molecular flexibility index (Phi) is 4.71. The largest absolute Gasteiger partial charge is 0.456 e. The van der Waals surface area contributed by atoms with Gasteiger partial charge in [-0.1, -0.05) is 0 Å². The Morgan fingerprint density at radius 1 is 0.941 bits per heavy atom. The lowest BCUT2D eigenvalue weighted by Crippen LogP contribution is -2.59. The molecule has 0 N–H and O–H groups in total. The second-order valence-electron chi connectivity index (χ2n) is 2.93. The quantitative estimate of drug-likeness (QED) is 0.699. The molecule has 0 aromatic heterocycles. The third-order valence-electron chi connectivity index (χ3n) is 1.68. The second kappa shape index (κ2) is 4.91. The fourth-order valence-electron chi connectivity index (χ4n) is 0.887. The van der Waals surface area contributed by atoms with E-state index in [4.69, 9.17) is 0 Å². The molecule has 0 aliphatic carbocycles. The summed E-state index contributed by atoms with van der Waals surface area (Å²) in [6.45, 7) is -0.181. The van der Waals surface area contributed by atoms with Crippen molar-refractivity contribution in [2.24, 2.45) is 0 Å². The van der Waals surface area contributed by atoms with Gasteiger partial charge in [-0.3, -0.25) is 0 Å². The van der Waals surface area contributed by atoms with Crippen molar-refractivity contribution in [2.45, 2.75) is 37.5 Å². The maximum absolute atomic E-state index is 12.6. The van der Waals surface area contributed by atoms with Crippen LogP contribution in [-0.4, -0.2) is 37.2 Å². The first kappa shape index (κ1) is 16.3. The van der Waals surface area contributed by atoms with E-state index in [1.807, 2.05) is 0 Å². The molecular weight excluding hydrogens is 271 g/mol. The molecule has 10 heteroatoms. The van der Waals surface area contributed by atoms with E-state index in [9.17, 15) is 39.5 Å². The molecule has 0 amide bonds. The Morgan fingerprint density at radius 2 is 1.35 bits per heavy atom. The first-order valence-corrected chi connectivity index (χ1v) is 4.11. The Balaban J connectivity index is 5.38. The van der Waals surface area contributed by atoms with Crippen molar-refractivity contribution in [1.82, 2.24) is 0 Å². The summed E-state index contributed by atoms with van der Waals surface area (Å²) in [6, 6.07) is 0. The second-order valence-corrected chi connectivity index (χ2v) is 2.93. The maximum Gasteiger partial charge on any atom is 0.456 e. The molecule has 0 saturated carbocycles. The molecule has 104 valence electrons. The van der Waals surface area contributed by atoms with Gasteiger partial charge in [0.1, 0.15) is 0 Å². The van der Waals surface area contributed by atoms with Crippen molar-refractivity contribution < 1.29 is 44.3 Å². The zero-order valence-electron chi connectivity index (χ0n) is 8.17. The lowest BCUT2D eigenvalue weighted by Gasteiger charge is -2.33. The van der Waals surface area contributed by atoms with Crippen molar-refractivity contribution in [3.63, 3.8) is 0 Å². The van der Waals surface area contributed by atoms with E-state index in [0.29, 0.717) is 0 Å². The van der Waals surface area contributed by atoms with Crippen LogP contribution in [0.2, 0.25) is 0 Å². The van der Waals surface area contributed by atoms with Crippen LogP contribution in [0, 0.1) is 0 Å². The molecule has 0 heterocycles. The first-order chi connectivity index (χ1) is 7.39. The Labute approximate surface area is 89.5 Å². The van der Waals surface area contributed by atoms with Crippen molar-refractivity contribution >= 4 is 0 Å². The van der Waals surface area contributed by atoms with Crippen LogP contribution in [-0.2, 0) is 4.74 Å². The van der Waals surface area contributed by atoms with E-state index in [2.05, 4.69) is 4.74 Å². The molecular formula is C7H7F9O. The molecule has 17 heavy (non-hydrogen) atoms. The predicted octanol–water partition coefficient (Wildman–Crippen LogP) is 3.49. The highest BCUT2D eigenvalue weighted by molar-refractivity contribution is 4.95. The van der Waals surface area contributed by atoms with Gasteiger partial charge in [-0.25, -0.2) is 8.78 Å². The van der Waals surface area contributed by atoms with Crippen LogP contribution in [0.4, 0.5) is 39.5 Å². The minimum atomic E-state index is -6.41. The van der Waals surface area contributed by atoms with Gasteiger partial charge in [-0.15, -0.1) is 0 Å².